The summed E-state index contributed by atoms with van der Waals surface area (Å²) in [5.41, 5.74) is 1.61. The highest BCUT2D eigenvalue weighted by Crippen LogP contribution is 2.02. The smallest absolute Gasteiger partial charge is 0.0681 e. The van der Waals surface area contributed by atoms with Crippen molar-refractivity contribution in [1.82, 2.24) is 0 Å². The van der Waals surface area contributed by atoms with Gasteiger partial charge in [-0.05, 0) is 5.56 Å². The molecule has 1 aromatic carbocycles. The van der Waals surface area contributed by atoms with Crippen LogP contribution in [0.15, 0.2) is 24.3 Å². The van der Waals surface area contributed by atoms with E-state index in [2.05, 4.69) is 0 Å². The summed E-state index contributed by atoms with van der Waals surface area (Å²) in [7, 11) is 0. The zero-order valence-corrected chi connectivity index (χ0v) is 5.58. The quantitative estimate of drug-likeness (QED) is 0.625. The molecular formula is C8H9O2-. The van der Waals surface area contributed by atoms with Crippen LogP contribution in [0.4, 0.5) is 0 Å². The first-order chi connectivity index (χ1) is 4.86. The van der Waals surface area contributed by atoms with Gasteiger partial charge in [0.25, 0.3) is 0 Å². The van der Waals surface area contributed by atoms with Crippen LogP contribution in [0.2, 0.25) is 0 Å². The minimum Gasteiger partial charge on any atom is -0.851 e. The molecule has 0 heterocycles. The van der Waals surface area contributed by atoms with Crippen LogP contribution in [-0.4, -0.2) is 5.11 Å². The van der Waals surface area contributed by atoms with Gasteiger partial charge >= 0.3 is 0 Å². The van der Waals surface area contributed by atoms with Crippen molar-refractivity contribution in [2.24, 2.45) is 0 Å². The molecule has 0 aromatic heterocycles. The zero-order valence-electron chi connectivity index (χ0n) is 5.58. The van der Waals surface area contributed by atoms with Crippen LogP contribution in [0.25, 0.3) is 0 Å². The molecule has 0 aliphatic heterocycles. The Kier molecular flexibility index (Phi) is 2.42. The molecular weight excluding hydrogens is 128 g/mol. The van der Waals surface area contributed by atoms with E-state index in [-0.39, 0.29) is 13.2 Å². The van der Waals surface area contributed by atoms with Crippen molar-refractivity contribution >= 4 is 0 Å². The number of rotatable bonds is 2. The lowest BCUT2D eigenvalue weighted by Crippen LogP contribution is -2.01. The van der Waals surface area contributed by atoms with Crippen LogP contribution in [0, 0.1) is 0 Å². The van der Waals surface area contributed by atoms with E-state index < -0.39 is 0 Å². The van der Waals surface area contributed by atoms with Gasteiger partial charge in [0.15, 0.2) is 0 Å². The maximum Gasteiger partial charge on any atom is 0.0681 e. The highest BCUT2D eigenvalue weighted by atomic mass is 16.3. The average molecular weight is 137 g/mol. The van der Waals surface area contributed by atoms with Crippen molar-refractivity contribution in [2.45, 2.75) is 13.2 Å². The third-order valence-corrected chi connectivity index (χ3v) is 1.37. The van der Waals surface area contributed by atoms with Gasteiger partial charge in [0.2, 0.25) is 0 Å². The topological polar surface area (TPSA) is 43.3 Å². The molecule has 0 unspecified atom stereocenters. The molecule has 0 saturated carbocycles. The van der Waals surface area contributed by atoms with Crippen molar-refractivity contribution < 1.29 is 10.2 Å². The molecule has 0 aliphatic rings. The molecule has 0 bridgehead atoms. The molecule has 0 fully saturated rings. The summed E-state index contributed by atoms with van der Waals surface area (Å²) < 4.78 is 0. The molecule has 0 saturated heterocycles. The second kappa shape index (κ2) is 3.34. The second-order valence-electron chi connectivity index (χ2n) is 2.12. The number of aliphatic hydroxyl groups excluding tert-OH is 1. The van der Waals surface area contributed by atoms with Gasteiger partial charge in [-0.3, -0.25) is 0 Å². The van der Waals surface area contributed by atoms with E-state index in [1.54, 1.807) is 24.3 Å². The van der Waals surface area contributed by atoms with E-state index in [9.17, 15) is 5.11 Å². The Hall–Kier alpha value is -0.860. The summed E-state index contributed by atoms with van der Waals surface area (Å²) in [6, 6.07) is 6.98. The molecule has 1 aromatic rings. The second-order valence-corrected chi connectivity index (χ2v) is 2.12. The first-order valence-corrected chi connectivity index (χ1v) is 3.13. The van der Waals surface area contributed by atoms with Gasteiger partial charge in [-0.15, -0.1) is 6.61 Å². The molecule has 10 heavy (non-hydrogen) atoms. The van der Waals surface area contributed by atoms with Crippen molar-refractivity contribution in [2.75, 3.05) is 0 Å². The van der Waals surface area contributed by atoms with Crippen LogP contribution in [0.1, 0.15) is 11.1 Å². The molecule has 1 N–H and O–H groups in total. The highest BCUT2D eigenvalue weighted by Gasteiger charge is 1.86. The third kappa shape index (κ3) is 1.56. The molecule has 0 aliphatic carbocycles. The molecule has 1 rings (SSSR count). The Labute approximate surface area is 59.7 Å². The molecule has 2 nitrogen and oxygen atoms in total. The normalized spacial score (nSPS) is 9.80. The molecule has 0 atom stereocenters. The predicted molar refractivity (Wildman–Crippen MR) is 36.1 cm³/mol. The first kappa shape index (κ1) is 7.25. The zero-order chi connectivity index (χ0) is 7.40. The average Bonchev–Trinajstić information content (AvgIpc) is 2.05. The summed E-state index contributed by atoms with van der Waals surface area (Å²) in [5.74, 6) is 0. The lowest BCUT2D eigenvalue weighted by atomic mass is 10.1. The van der Waals surface area contributed by atoms with Gasteiger partial charge in [0.05, 0.1) is 6.61 Å². The minimum atomic E-state index is -0.189. The Balaban J connectivity index is 2.80. The molecule has 2 heteroatoms. The largest absolute Gasteiger partial charge is 0.851 e. The van der Waals surface area contributed by atoms with Crippen LogP contribution in [0.3, 0.4) is 0 Å². The van der Waals surface area contributed by atoms with Crippen LogP contribution >= 0.6 is 0 Å². The predicted octanol–water partition coefficient (Wildman–Crippen LogP) is 0.0392. The molecule has 54 valence electrons. The van der Waals surface area contributed by atoms with E-state index in [1.165, 1.54) is 0 Å². The molecule has 0 radical (unpaired) electrons. The fourth-order valence-electron chi connectivity index (χ4n) is 0.741. The number of hydrogen-bond donors (Lipinski definition) is 1. The maximum atomic E-state index is 10.3. The van der Waals surface area contributed by atoms with Gasteiger partial charge in [-0.25, -0.2) is 0 Å². The highest BCUT2D eigenvalue weighted by molar-refractivity contribution is 5.20. The SMILES string of the molecule is [O-]Cc1ccc(CO)cc1. The Morgan fingerprint density at radius 2 is 1.60 bits per heavy atom. The number of benzene rings is 1. The van der Waals surface area contributed by atoms with Crippen LogP contribution in [0.5, 0.6) is 0 Å². The van der Waals surface area contributed by atoms with Crippen molar-refractivity contribution in [3.8, 4) is 0 Å². The lowest BCUT2D eigenvalue weighted by Gasteiger charge is -2.03. The minimum absolute atomic E-state index is 0.0408. The Morgan fingerprint density at radius 3 is 2.00 bits per heavy atom. The summed E-state index contributed by atoms with van der Waals surface area (Å²) in [4.78, 5) is 0. The van der Waals surface area contributed by atoms with Crippen LogP contribution < -0.4 is 5.11 Å². The van der Waals surface area contributed by atoms with E-state index in [0.717, 1.165) is 11.1 Å². The molecule has 0 amide bonds. The summed E-state index contributed by atoms with van der Waals surface area (Å²) >= 11 is 0. The number of hydrogen-bond acceptors (Lipinski definition) is 2. The number of aliphatic hydroxyl groups is 1. The lowest BCUT2D eigenvalue weighted by molar-refractivity contribution is -0.386. The third-order valence-electron chi connectivity index (χ3n) is 1.37. The fourth-order valence-corrected chi connectivity index (χ4v) is 0.741. The van der Waals surface area contributed by atoms with E-state index in [4.69, 9.17) is 5.11 Å². The van der Waals surface area contributed by atoms with Crippen LogP contribution in [-0.2, 0) is 13.2 Å². The monoisotopic (exact) mass is 137 g/mol. The Bertz CT molecular complexity index is 168. The van der Waals surface area contributed by atoms with Crippen molar-refractivity contribution in [3.05, 3.63) is 35.4 Å². The fraction of sp³-hybridized carbons (Fsp3) is 0.250. The summed E-state index contributed by atoms with van der Waals surface area (Å²) in [5, 5.41) is 18.9. The first-order valence-electron chi connectivity index (χ1n) is 3.13. The van der Waals surface area contributed by atoms with Gasteiger partial charge in [-0.1, -0.05) is 29.8 Å². The van der Waals surface area contributed by atoms with Gasteiger partial charge in [0, 0.05) is 0 Å². The van der Waals surface area contributed by atoms with Gasteiger partial charge < -0.3 is 10.2 Å². The van der Waals surface area contributed by atoms with E-state index in [0.29, 0.717) is 0 Å². The molecule has 0 spiro atoms. The maximum absolute atomic E-state index is 10.3. The van der Waals surface area contributed by atoms with Gasteiger partial charge in [0.1, 0.15) is 0 Å². The van der Waals surface area contributed by atoms with Crippen molar-refractivity contribution in [3.63, 3.8) is 0 Å². The standard InChI is InChI=1S/C8H9O2/c9-5-7-1-2-8(6-10)4-3-7/h1-4,9H,5-6H2/q-1. The summed E-state index contributed by atoms with van der Waals surface area (Å²) in [6.07, 6.45) is 0. The summed E-state index contributed by atoms with van der Waals surface area (Å²) in [6.45, 7) is -0.148. The van der Waals surface area contributed by atoms with Crippen molar-refractivity contribution in [1.29, 1.82) is 0 Å². The van der Waals surface area contributed by atoms with Gasteiger partial charge in [-0.2, -0.15) is 0 Å². The van der Waals surface area contributed by atoms with E-state index in [1.807, 2.05) is 0 Å². The Morgan fingerprint density at radius 1 is 1.10 bits per heavy atom. The van der Waals surface area contributed by atoms with E-state index >= 15 is 0 Å².